The molecule has 2 N–H and O–H groups in total. The predicted octanol–water partition coefficient (Wildman–Crippen LogP) is 3.77. The van der Waals surface area contributed by atoms with Gasteiger partial charge in [-0.1, -0.05) is 39.5 Å². The summed E-state index contributed by atoms with van der Waals surface area (Å²) in [5, 5.41) is 2.49. The van der Waals surface area contributed by atoms with Crippen LogP contribution in [0.1, 0.15) is 65.2 Å². The summed E-state index contributed by atoms with van der Waals surface area (Å²) in [4.78, 5) is 0. The van der Waals surface area contributed by atoms with Crippen LogP contribution in [0.2, 0.25) is 0 Å². The Labute approximate surface area is 162 Å². The van der Waals surface area contributed by atoms with Crippen molar-refractivity contribution in [2.45, 2.75) is 76.2 Å². The molecule has 14 heteroatoms. The molecular weight excluding hydrogens is 438 g/mol. The van der Waals surface area contributed by atoms with Crippen LogP contribution in [0, 0.1) is 0 Å². The lowest BCUT2D eigenvalue weighted by molar-refractivity contribution is -0.655. The first-order valence-electron chi connectivity index (χ1n) is 8.80. The van der Waals surface area contributed by atoms with E-state index in [9.17, 15) is 43.2 Å². The number of halogens is 6. The SMILES string of the molecule is CCCCCC[NH2+]CCCCCC.O=S(=O)([N-]S(=O)(=O)C(F)(F)F)C(F)(F)F. The number of alkyl halides is 6. The third-order valence-electron chi connectivity index (χ3n) is 3.30. The second kappa shape index (κ2) is 13.6. The van der Waals surface area contributed by atoms with E-state index in [1.165, 1.54) is 64.5 Å². The van der Waals surface area contributed by atoms with E-state index in [1.54, 1.807) is 0 Å². The number of rotatable bonds is 12. The zero-order valence-corrected chi connectivity index (χ0v) is 17.4. The fourth-order valence-electron chi connectivity index (χ4n) is 1.79. The minimum Gasteiger partial charge on any atom is -0.421 e. The lowest BCUT2D eigenvalue weighted by atomic mass is 10.2. The summed E-state index contributed by atoms with van der Waals surface area (Å²) in [6.07, 6.45) is 11.3. The van der Waals surface area contributed by atoms with Crippen molar-refractivity contribution in [2.24, 2.45) is 0 Å². The number of unbranched alkanes of at least 4 members (excludes halogenated alkanes) is 6. The fourth-order valence-corrected chi connectivity index (χ4v) is 3.50. The third-order valence-corrected chi connectivity index (χ3v) is 6.04. The minimum absolute atomic E-state index is 0.778. The molecule has 0 saturated heterocycles. The molecule has 0 bridgehead atoms. The highest BCUT2D eigenvalue weighted by atomic mass is 32.3. The standard InChI is InChI=1S/C12H27N.C2F6NO4S2/c1-3-5-7-9-11-13-12-10-8-6-4-2;3-1(4,5)14(10,11)9-15(12,13)2(6,7)8/h13H,3-12H2,1-2H3;/q;-1/p+1. The number of nitrogens with two attached hydrogens (primary N) is 1. The summed E-state index contributed by atoms with van der Waals surface area (Å²) >= 11 is 0. The Kier molecular flexibility index (Phi) is 14.4. The number of sulfonamides is 2. The van der Waals surface area contributed by atoms with E-state index in [4.69, 9.17) is 0 Å². The van der Waals surface area contributed by atoms with Crippen molar-refractivity contribution in [3.8, 4) is 0 Å². The summed E-state index contributed by atoms with van der Waals surface area (Å²) in [5.41, 5.74) is -12.4. The summed E-state index contributed by atoms with van der Waals surface area (Å²) in [7, 11) is -13.4. The lowest BCUT2D eigenvalue weighted by Gasteiger charge is -2.22. The van der Waals surface area contributed by atoms with Crippen LogP contribution in [0.5, 0.6) is 0 Å². The van der Waals surface area contributed by atoms with E-state index < -0.39 is 31.1 Å². The van der Waals surface area contributed by atoms with Gasteiger partial charge in [-0.2, -0.15) is 26.3 Å². The van der Waals surface area contributed by atoms with Gasteiger partial charge in [-0.05, 0) is 25.7 Å². The predicted molar refractivity (Wildman–Crippen MR) is 93.3 cm³/mol. The molecule has 0 aromatic carbocycles. The number of hydrogen-bond acceptors (Lipinski definition) is 4. The molecule has 0 atom stereocenters. The van der Waals surface area contributed by atoms with E-state index in [1.807, 2.05) is 0 Å². The molecule has 28 heavy (non-hydrogen) atoms. The Bertz CT molecular complexity index is 552. The molecule has 0 aromatic heterocycles. The van der Waals surface area contributed by atoms with E-state index in [2.05, 4.69) is 19.2 Å². The molecule has 0 radical (unpaired) electrons. The Morgan fingerprint density at radius 3 is 1.21 bits per heavy atom. The van der Waals surface area contributed by atoms with Gasteiger partial charge in [0.25, 0.3) is 0 Å². The second-order valence-corrected chi connectivity index (χ2v) is 9.33. The van der Waals surface area contributed by atoms with Crippen LogP contribution in [0.25, 0.3) is 4.13 Å². The molecule has 0 rings (SSSR count). The normalized spacial score (nSPS) is 13.1. The molecule has 0 spiro atoms. The molecule has 0 aliphatic carbocycles. The molecule has 0 unspecified atom stereocenters. The van der Waals surface area contributed by atoms with Gasteiger partial charge in [0, 0.05) is 0 Å². The molecule has 6 nitrogen and oxygen atoms in total. The minimum atomic E-state index is -6.72. The van der Waals surface area contributed by atoms with Crippen LogP contribution in [-0.2, 0) is 20.0 Å². The van der Waals surface area contributed by atoms with Crippen molar-refractivity contribution in [1.29, 1.82) is 0 Å². The van der Waals surface area contributed by atoms with Crippen LogP contribution in [0.4, 0.5) is 26.3 Å². The van der Waals surface area contributed by atoms with Gasteiger partial charge in [0.05, 0.1) is 13.1 Å². The molecule has 0 heterocycles. The van der Waals surface area contributed by atoms with E-state index in [0.29, 0.717) is 0 Å². The van der Waals surface area contributed by atoms with Gasteiger partial charge in [-0.25, -0.2) is 16.8 Å². The third kappa shape index (κ3) is 13.6. The number of nitrogens with zero attached hydrogens (tertiary/aromatic N) is 1. The van der Waals surface area contributed by atoms with Crippen molar-refractivity contribution >= 4 is 20.0 Å². The molecule has 0 fully saturated rings. The zero-order valence-electron chi connectivity index (χ0n) is 15.8. The van der Waals surface area contributed by atoms with Crippen LogP contribution < -0.4 is 5.32 Å². The first kappa shape index (κ1) is 29.6. The van der Waals surface area contributed by atoms with Gasteiger partial charge in [-0.15, -0.1) is 0 Å². The topological polar surface area (TPSA) is 99.0 Å². The average Bonchev–Trinajstić information content (AvgIpc) is 2.51. The van der Waals surface area contributed by atoms with Crippen molar-refractivity contribution in [3.05, 3.63) is 4.13 Å². The molecule has 0 amide bonds. The van der Waals surface area contributed by atoms with Crippen molar-refractivity contribution in [1.82, 2.24) is 0 Å². The summed E-state index contributed by atoms with van der Waals surface area (Å²) < 4.78 is 109. The highest BCUT2D eigenvalue weighted by Crippen LogP contribution is 2.36. The first-order valence-corrected chi connectivity index (χ1v) is 11.7. The molecule has 0 saturated carbocycles. The maximum atomic E-state index is 11.4. The van der Waals surface area contributed by atoms with Crippen LogP contribution >= 0.6 is 0 Å². The Hall–Kier alpha value is -0.600. The van der Waals surface area contributed by atoms with Gasteiger partial charge in [0.15, 0.2) is 20.0 Å². The van der Waals surface area contributed by atoms with Crippen LogP contribution in [-0.4, -0.2) is 40.9 Å². The monoisotopic (exact) mass is 466 g/mol. The van der Waals surface area contributed by atoms with Crippen molar-refractivity contribution in [3.63, 3.8) is 0 Å². The molecule has 172 valence electrons. The highest BCUT2D eigenvalue weighted by molar-refractivity contribution is 8.13. The quantitative estimate of drug-likeness (QED) is 0.350. The average molecular weight is 467 g/mol. The summed E-state index contributed by atoms with van der Waals surface area (Å²) in [5.74, 6) is 0. The summed E-state index contributed by atoms with van der Waals surface area (Å²) in [6.45, 7) is 7.25. The first-order chi connectivity index (χ1) is 12.6. The van der Waals surface area contributed by atoms with Gasteiger partial charge in [-0.3, -0.25) is 0 Å². The molecule has 0 aliphatic rings. The Morgan fingerprint density at radius 1 is 0.643 bits per heavy atom. The maximum absolute atomic E-state index is 11.4. The van der Waals surface area contributed by atoms with Crippen LogP contribution in [0.3, 0.4) is 0 Å². The molecule has 0 aromatic rings. The van der Waals surface area contributed by atoms with Crippen molar-refractivity contribution < 1.29 is 48.5 Å². The van der Waals surface area contributed by atoms with E-state index >= 15 is 0 Å². The number of quaternary nitrogens is 1. The van der Waals surface area contributed by atoms with Crippen molar-refractivity contribution in [2.75, 3.05) is 13.1 Å². The van der Waals surface area contributed by atoms with Gasteiger partial charge < -0.3 is 9.44 Å². The van der Waals surface area contributed by atoms with Crippen LogP contribution in [0.15, 0.2) is 0 Å². The lowest BCUT2D eigenvalue weighted by Crippen LogP contribution is -2.84. The van der Waals surface area contributed by atoms with E-state index in [0.717, 1.165) is 4.13 Å². The zero-order chi connectivity index (χ0) is 22.5. The molecular formula is C14H28F6N2O4S2. The highest BCUT2D eigenvalue weighted by Gasteiger charge is 2.46. The Balaban J connectivity index is 0. The smallest absolute Gasteiger partial charge is 0.421 e. The largest absolute Gasteiger partial charge is 0.480 e. The summed E-state index contributed by atoms with van der Waals surface area (Å²) in [6, 6.07) is 0. The number of hydrogen-bond donors (Lipinski definition) is 1. The Morgan fingerprint density at radius 2 is 0.964 bits per heavy atom. The van der Waals surface area contributed by atoms with E-state index in [-0.39, 0.29) is 0 Å². The van der Waals surface area contributed by atoms with Gasteiger partial charge >= 0.3 is 11.0 Å². The van der Waals surface area contributed by atoms with Gasteiger partial charge in [0.2, 0.25) is 0 Å². The maximum Gasteiger partial charge on any atom is 0.480 e. The molecule has 0 aliphatic heterocycles. The fraction of sp³-hybridized carbons (Fsp3) is 1.00. The van der Waals surface area contributed by atoms with Gasteiger partial charge in [0.1, 0.15) is 0 Å². The second-order valence-electron chi connectivity index (χ2n) is 5.90.